The van der Waals surface area contributed by atoms with Crippen LogP contribution in [0.2, 0.25) is 0 Å². The van der Waals surface area contributed by atoms with Crippen molar-refractivity contribution in [2.45, 2.75) is 19.8 Å². The van der Waals surface area contributed by atoms with E-state index < -0.39 is 0 Å². The summed E-state index contributed by atoms with van der Waals surface area (Å²) in [5.41, 5.74) is 0.997. The van der Waals surface area contributed by atoms with E-state index in [1.807, 2.05) is 12.1 Å². The van der Waals surface area contributed by atoms with Crippen LogP contribution in [0.3, 0.4) is 0 Å². The van der Waals surface area contributed by atoms with Crippen molar-refractivity contribution in [1.82, 2.24) is 9.97 Å². The first-order chi connectivity index (χ1) is 6.16. The average molecular weight is 257 g/mol. The monoisotopic (exact) mass is 256 g/mol. The van der Waals surface area contributed by atoms with Crippen molar-refractivity contribution >= 4 is 37.6 Å². The molecule has 68 valence electrons. The smallest absolute Gasteiger partial charge is 0.144 e. The maximum Gasteiger partial charge on any atom is 0.144 e. The molecule has 4 heteroatoms. The summed E-state index contributed by atoms with van der Waals surface area (Å²) in [4.78, 5) is 9.85. The molecule has 0 fully saturated rings. The van der Waals surface area contributed by atoms with Crippen molar-refractivity contribution in [1.29, 1.82) is 0 Å². The van der Waals surface area contributed by atoms with E-state index in [-0.39, 0.29) is 0 Å². The van der Waals surface area contributed by atoms with Crippen LogP contribution in [0.4, 0.5) is 0 Å². The van der Waals surface area contributed by atoms with Gasteiger partial charge in [-0.25, -0.2) is 9.97 Å². The number of rotatable bonds is 1. The maximum atomic E-state index is 4.49. The molecule has 0 saturated carbocycles. The minimum Gasteiger partial charge on any atom is -0.239 e. The molecule has 0 aliphatic rings. The van der Waals surface area contributed by atoms with Gasteiger partial charge in [0.1, 0.15) is 15.0 Å². The lowest BCUT2D eigenvalue weighted by Gasteiger charge is -1.94. The van der Waals surface area contributed by atoms with Gasteiger partial charge in [0.05, 0.1) is 5.01 Å². The molecule has 0 unspecified atom stereocenters. The highest BCUT2D eigenvalue weighted by Gasteiger charge is 2.07. The van der Waals surface area contributed by atoms with Crippen molar-refractivity contribution in [3.63, 3.8) is 0 Å². The molecule has 2 aromatic heterocycles. The zero-order valence-electron chi connectivity index (χ0n) is 7.41. The number of aromatic nitrogens is 2. The third-order valence-electron chi connectivity index (χ3n) is 1.73. The van der Waals surface area contributed by atoms with Crippen LogP contribution in [0.15, 0.2) is 16.7 Å². The Morgan fingerprint density at radius 1 is 1.31 bits per heavy atom. The molecule has 0 aliphatic carbocycles. The minimum atomic E-state index is 0.484. The van der Waals surface area contributed by atoms with E-state index >= 15 is 0 Å². The van der Waals surface area contributed by atoms with Crippen molar-refractivity contribution in [3.8, 4) is 0 Å². The Labute approximate surface area is 89.2 Å². The molecule has 0 aromatic carbocycles. The number of pyridine rings is 1. The lowest BCUT2D eigenvalue weighted by atomic mass is 10.2. The molecule has 13 heavy (non-hydrogen) atoms. The summed E-state index contributed by atoms with van der Waals surface area (Å²) < 4.78 is 0.874. The van der Waals surface area contributed by atoms with E-state index in [9.17, 15) is 0 Å². The van der Waals surface area contributed by atoms with Gasteiger partial charge in [-0.3, -0.25) is 0 Å². The molecule has 2 heterocycles. The Hall–Kier alpha value is -0.480. The molecule has 2 nitrogen and oxygen atoms in total. The summed E-state index contributed by atoms with van der Waals surface area (Å²) in [6.07, 6.45) is 0. The number of halogens is 1. The molecule has 0 amide bonds. The third kappa shape index (κ3) is 1.74. The minimum absolute atomic E-state index is 0.484. The zero-order valence-corrected chi connectivity index (χ0v) is 9.82. The largest absolute Gasteiger partial charge is 0.239 e. The number of thiazole rings is 1. The van der Waals surface area contributed by atoms with Crippen molar-refractivity contribution in [2.24, 2.45) is 0 Å². The highest BCUT2D eigenvalue weighted by Crippen LogP contribution is 2.26. The van der Waals surface area contributed by atoms with E-state index in [1.54, 1.807) is 11.3 Å². The first kappa shape index (κ1) is 9.09. The molecule has 0 radical (unpaired) electrons. The molecule has 0 spiro atoms. The molecular weight excluding hydrogens is 248 g/mol. The molecule has 2 rings (SSSR count). The summed E-state index contributed by atoms with van der Waals surface area (Å²) >= 11 is 5.01. The van der Waals surface area contributed by atoms with Crippen LogP contribution in [0.1, 0.15) is 24.8 Å². The van der Waals surface area contributed by atoms with Crippen LogP contribution >= 0.6 is 27.3 Å². The number of fused-ring (bicyclic) bond motifs is 1. The summed E-state index contributed by atoms with van der Waals surface area (Å²) in [6.45, 7) is 4.29. The van der Waals surface area contributed by atoms with Crippen LogP contribution in [-0.2, 0) is 0 Å². The van der Waals surface area contributed by atoms with Gasteiger partial charge < -0.3 is 0 Å². The van der Waals surface area contributed by atoms with Crippen LogP contribution in [0.25, 0.3) is 10.3 Å². The molecule has 0 bridgehead atoms. The van der Waals surface area contributed by atoms with Gasteiger partial charge in [0.15, 0.2) is 0 Å². The molecule has 2 aromatic rings. The standard InChI is InChI=1S/C9H9BrN2S/c1-5(2)8-11-6-3-4-7(10)12-9(6)13-8/h3-5H,1-2H3. The SMILES string of the molecule is CC(C)c1nc2ccc(Br)nc2s1. The number of nitrogens with zero attached hydrogens (tertiary/aromatic N) is 2. The lowest BCUT2D eigenvalue weighted by Crippen LogP contribution is -1.82. The molecule has 0 N–H and O–H groups in total. The predicted molar refractivity (Wildman–Crippen MR) is 59.2 cm³/mol. The highest BCUT2D eigenvalue weighted by molar-refractivity contribution is 9.10. The normalized spacial score (nSPS) is 11.4. The summed E-state index contributed by atoms with van der Waals surface area (Å²) in [5, 5.41) is 1.15. The Bertz CT molecular complexity index is 436. The quantitative estimate of drug-likeness (QED) is 0.730. The van der Waals surface area contributed by atoms with Crippen molar-refractivity contribution < 1.29 is 0 Å². The number of hydrogen-bond acceptors (Lipinski definition) is 3. The van der Waals surface area contributed by atoms with Crippen LogP contribution in [-0.4, -0.2) is 9.97 Å². The van der Waals surface area contributed by atoms with E-state index in [1.165, 1.54) is 0 Å². The predicted octanol–water partition coefficient (Wildman–Crippen LogP) is 3.58. The maximum absolute atomic E-state index is 4.49. The van der Waals surface area contributed by atoms with Gasteiger partial charge in [-0.05, 0) is 28.1 Å². The van der Waals surface area contributed by atoms with Gasteiger partial charge in [0, 0.05) is 5.92 Å². The Morgan fingerprint density at radius 3 is 2.77 bits per heavy atom. The van der Waals surface area contributed by atoms with Gasteiger partial charge in [-0.1, -0.05) is 25.2 Å². The fourth-order valence-electron chi connectivity index (χ4n) is 1.06. The highest BCUT2D eigenvalue weighted by atomic mass is 79.9. The fourth-order valence-corrected chi connectivity index (χ4v) is 2.43. The first-order valence-electron chi connectivity index (χ1n) is 4.10. The second-order valence-electron chi connectivity index (χ2n) is 3.17. The van der Waals surface area contributed by atoms with E-state index in [4.69, 9.17) is 0 Å². The second-order valence-corrected chi connectivity index (χ2v) is 4.99. The number of hydrogen-bond donors (Lipinski definition) is 0. The fraction of sp³-hybridized carbons (Fsp3) is 0.333. The van der Waals surface area contributed by atoms with Gasteiger partial charge in [-0.15, -0.1) is 0 Å². The lowest BCUT2D eigenvalue weighted by molar-refractivity contribution is 0.857. The van der Waals surface area contributed by atoms with Crippen molar-refractivity contribution in [3.05, 3.63) is 21.7 Å². The summed E-state index contributed by atoms with van der Waals surface area (Å²) in [6, 6.07) is 3.92. The summed E-state index contributed by atoms with van der Waals surface area (Å²) in [7, 11) is 0. The van der Waals surface area contributed by atoms with Crippen LogP contribution < -0.4 is 0 Å². The van der Waals surface area contributed by atoms with E-state index in [0.717, 1.165) is 20.0 Å². The Morgan fingerprint density at radius 2 is 2.08 bits per heavy atom. The van der Waals surface area contributed by atoms with Crippen molar-refractivity contribution in [2.75, 3.05) is 0 Å². The van der Waals surface area contributed by atoms with Crippen LogP contribution in [0.5, 0.6) is 0 Å². The topological polar surface area (TPSA) is 25.8 Å². The average Bonchev–Trinajstić information content (AvgIpc) is 2.46. The molecule has 0 saturated heterocycles. The Balaban J connectivity index is 2.62. The second kappa shape index (κ2) is 3.35. The van der Waals surface area contributed by atoms with E-state index in [2.05, 4.69) is 39.7 Å². The first-order valence-corrected chi connectivity index (χ1v) is 5.71. The van der Waals surface area contributed by atoms with Gasteiger partial charge >= 0.3 is 0 Å². The van der Waals surface area contributed by atoms with Gasteiger partial charge in [-0.2, -0.15) is 0 Å². The molecule has 0 aliphatic heterocycles. The van der Waals surface area contributed by atoms with Crippen LogP contribution in [0, 0.1) is 0 Å². The van der Waals surface area contributed by atoms with Gasteiger partial charge in [0.2, 0.25) is 0 Å². The molecular formula is C9H9BrN2S. The zero-order chi connectivity index (χ0) is 9.42. The van der Waals surface area contributed by atoms with Gasteiger partial charge in [0.25, 0.3) is 0 Å². The van der Waals surface area contributed by atoms with E-state index in [0.29, 0.717) is 5.92 Å². The Kier molecular flexibility index (Phi) is 2.34. The molecule has 0 atom stereocenters. The third-order valence-corrected chi connectivity index (χ3v) is 3.44. The summed E-state index contributed by atoms with van der Waals surface area (Å²) in [5.74, 6) is 0.484.